The van der Waals surface area contributed by atoms with Crippen molar-refractivity contribution < 1.29 is 4.79 Å². The number of amides is 1. The van der Waals surface area contributed by atoms with Crippen LogP contribution in [0.5, 0.6) is 0 Å². The monoisotopic (exact) mass is 195 g/mol. The summed E-state index contributed by atoms with van der Waals surface area (Å²) < 4.78 is 1.17. The zero-order chi connectivity index (χ0) is 10.9. The molecular weight excluding hydrogens is 182 g/mol. The van der Waals surface area contributed by atoms with Crippen molar-refractivity contribution in [1.29, 1.82) is 0 Å². The molecule has 1 aromatic rings. The number of aryl methyl sites for hydroxylation is 2. The molecule has 0 aliphatic heterocycles. The van der Waals surface area contributed by atoms with Crippen LogP contribution in [0.15, 0.2) is 4.79 Å². The zero-order valence-electron chi connectivity index (χ0n) is 8.71. The summed E-state index contributed by atoms with van der Waals surface area (Å²) in [5, 5.41) is 6.41. The summed E-state index contributed by atoms with van der Waals surface area (Å²) in [7, 11) is 3.03. The first-order chi connectivity index (χ1) is 6.49. The Bertz CT molecular complexity index is 434. The van der Waals surface area contributed by atoms with Crippen LogP contribution in [0, 0.1) is 13.8 Å². The molecule has 1 N–H and O–H groups in total. The number of rotatable bonds is 1. The topological polar surface area (TPSA) is 64.0 Å². The predicted octanol–water partition coefficient (Wildman–Crippen LogP) is -0.243. The molecule has 0 saturated heterocycles. The van der Waals surface area contributed by atoms with Crippen molar-refractivity contribution in [2.75, 3.05) is 7.05 Å². The van der Waals surface area contributed by atoms with E-state index in [-0.39, 0.29) is 17.0 Å². The zero-order valence-corrected chi connectivity index (χ0v) is 8.71. The Balaban J connectivity index is 3.56. The van der Waals surface area contributed by atoms with Crippen molar-refractivity contribution >= 4 is 5.91 Å². The molecule has 0 bridgehead atoms. The number of carbonyl (C=O) groups is 1. The molecule has 76 valence electrons. The largest absolute Gasteiger partial charge is 0.355 e. The summed E-state index contributed by atoms with van der Waals surface area (Å²) in [4.78, 5) is 23.0. The molecule has 5 nitrogen and oxygen atoms in total. The average Bonchev–Trinajstić information content (AvgIpc) is 2.15. The fourth-order valence-corrected chi connectivity index (χ4v) is 1.24. The van der Waals surface area contributed by atoms with Crippen LogP contribution in [0.25, 0.3) is 0 Å². The molecule has 0 radical (unpaired) electrons. The molecule has 5 heteroatoms. The molecule has 0 fully saturated rings. The second-order valence-corrected chi connectivity index (χ2v) is 3.09. The first kappa shape index (κ1) is 10.4. The molecule has 0 aliphatic carbocycles. The van der Waals surface area contributed by atoms with E-state index in [1.54, 1.807) is 13.8 Å². The lowest BCUT2D eigenvalue weighted by atomic mass is 10.1. The Kier molecular flexibility index (Phi) is 2.69. The molecule has 0 unspecified atom stereocenters. The van der Waals surface area contributed by atoms with Crippen LogP contribution in [0.4, 0.5) is 0 Å². The molecule has 0 atom stereocenters. The van der Waals surface area contributed by atoms with Crippen LogP contribution in [-0.2, 0) is 7.05 Å². The second kappa shape index (κ2) is 3.61. The quantitative estimate of drug-likeness (QED) is 0.672. The van der Waals surface area contributed by atoms with E-state index in [2.05, 4.69) is 10.4 Å². The van der Waals surface area contributed by atoms with Gasteiger partial charge in [-0.15, -0.1) is 0 Å². The van der Waals surface area contributed by atoms with E-state index in [1.165, 1.54) is 18.8 Å². The van der Waals surface area contributed by atoms with Gasteiger partial charge in [-0.25, -0.2) is 4.68 Å². The van der Waals surface area contributed by atoms with Crippen molar-refractivity contribution in [2.45, 2.75) is 13.8 Å². The lowest BCUT2D eigenvalue weighted by molar-refractivity contribution is 0.0960. The molecule has 1 rings (SSSR count). The second-order valence-electron chi connectivity index (χ2n) is 3.09. The van der Waals surface area contributed by atoms with E-state index >= 15 is 0 Å². The van der Waals surface area contributed by atoms with E-state index in [0.29, 0.717) is 11.3 Å². The van der Waals surface area contributed by atoms with Gasteiger partial charge in [-0.3, -0.25) is 9.59 Å². The summed E-state index contributed by atoms with van der Waals surface area (Å²) in [6, 6.07) is 0. The smallest absolute Gasteiger partial charge is 0.279 e. The van der Waals surface area contributed by atoms with Crippen molar-refractivity contribution in [1.82, 2.24) is 15.1 Å². The van der Waals surface area contributed by atoms with Gasteiger partial charge < -0.3 is 5.32 Å². The fraction of sp³-hybridized carbons (Fsp3) is 0.444. The third kappa shape index (κ3) is 1.53. The number of nitrogens with one attached hydrogen (secondary N) is 1. The number of carbonyl (C=O) groups excluding carboxylic acids is 1. The van der Waals surface area contributed by atoms with Gasteiger partial charge in [0.1, 0.15) is 5.56 Å². The minimum absolute atomic E-state index is 0.169. The highest BCUT2D eigenvalue weighted by molar-refractivity contribution is 5.95. The van der Waals surface area contributed by atoms with Crippen LogP contribution in [0.2, 0.25) is 0 Å². The first-order valence-electron chi connectivity index (χ1n) is 4.25. The van der Waals surface area contributed by atoms with Gasteiger partial charge in [-0.2, -0.15) is 5.10 Å². The van der Waals surface area contributed by atoms with Gasteiger partial charge >= 0.3 is 0 Å². The van der Waals surface area contributed by atoms with Gasteiger partial charge in [-0.05, 0) is 19.4 Å². The third-order valence-electron chi connectivity index (χ3n) is 2.18. The summed E-state index contributed by atoms with van der Waals surface area (Å²) >= 11 is 0. The molecule has 1 amide bonds. The number of nitrogens with zero attached hydrogens (tertiary/aromatic N) is 2. The third-order valence-corrected chi connectivity index (χ3v) is 2.18. The molecule has 0 aromatic carbocycles. The standard InChI is InChI=1S/C9H13N3O2/c1-5-6(2)11-12(4)9(14)7(5)8(13)10-3/h1-4H3,(H,10,13). The lowest BCUT2D eigenvalue weighted by Gasteiger charge is -2.07. The van der Waals surface area contributed by atoms with Gasteiger partial charge in [0.05, 0.1) is 5.69 Å². The lowest BCUT2D eigenvalue weighted by Crippen LogP contribution is -2.33. The Morgan fingerprint density at radius 1 is 1.43 bits per heavy atom. The number of hydrogen-bond acceptors (Lipinski definition) is 3. The van der Waals surface area contributed by atoms with Crippen LogP contribution < -0.4 is 10.9 Å². The van der Waals surface area contributed by atoms with Crippen LogP contribution in [0.3, 0.4) is 0 Å². The minimum Gasteiger partial charge on any atom is -0.355 e. The highest BCUT2D eigenvalue weighted by Crippen LogP contribution is 2.04. The van der Waals surface area contributed by atoms with Crippen LogP contribution in [0.1, 0.15) is 21.6 Å². The van der Waals surface area contributed by atoms with Gasteiger partial charge in [0.15, 0.2) is 0 Å². The fourth-order valence-electron chi connectivity index (χ4n) is 1.24. The van der Waals surface area contributed by atoms with Gasteiger partial charge in [-0.1, -0.05) is 0 Å². The molecule has 0 spiro atoms. The number of hydrogen-bond donors (Lipinski definition) is 1. The maximum absolute atomic E-state index is 11.6. The highest BCUT2D eigenvalue weighted by atomic mass is 16.2. The van der Waals surface area contributed by atoms with E-state index in [0.717, 1.165) is 0 Å². The number of aromatic nitrogens is 2. The van der Waals surface area contributed by atoms with Gasteiger partial charge in [0.2, 0.25) is 0 Å². The normalized spacial score (nSPS) is 10.0. The van der Waals surface area contributed by atoms with Crippen molar-refractivity contribution in [3.8, 4) is 0 Å². The Morgan fingerprint density at radius 2 is 2.00 bits per heavy atom. The van der Waals surface area contributed by atoms with Crippen molar-refractivity contribution in [3.05, 3.63) is 27.2 Å². The van der Waals surface area contributed by atoms with Gasteiger partial charge in [0, 0.05) is 14.1 Å². The summed E-state index contributed by atoms with van der Waals surface area (Å²) in [5.74, 6) is -0.367. The van der Waals surface area contributed by atoms with Crippen molar-refractivity contribution in [3.63, 3.8) is 0 Å². The van der Waals surface area contributed by atoms with E-state index in [1.807, 2.05) is 0 Å². The Hall–Kier alpha value is -1.65. The molecule has 0 aliphatic rings. The summed E-state index contributed by atoms with van der Waals surface area (Å²) in [6.45, 7) is 3.48. The summed E-state index contributed by atoms with van der Waals surface area (Å²) in [6.07, 6.45) is 0. The highest BCUT2D eigenvalue weighted by Gasteiger charge is 2.15. The van der Waals surface area contributed by atoms with Crippen molar-refractivity contribution in [2.24, 2.45) is 7.05 Å². The van der Waals surface area contributed by atoms with E-state index < -0.39 is 0 Å². The molecular formula is C9H13N3O2. The van der Waals surface area contributed by atoms with E-state index in [9.17, 15) is 9.59 Å². The van der Waals surface area contributed by atoms with E-state index in [4.69, 9.17) is 0 Å². The molecule has 1 aromatic heterocycles. The average molecular weight is 195 g/mol. The Labute approximate surface area is 81.7 Å². The molecule has 0 saturated carbocycles. The predicted molar refractivity (Wildman–Crippen MR) is 52.3 cm³/mol. The maximum atomic E-state index is 11.6. The van der Waals surface area contributed by atoms with Crippen LogP contribution in [-0.4, -0.2) is 22.7 Å². The molecule has 1 heterocycles. The van der Waals surface area contributed by atoms with Gasteiger partial charge in [0.25, 0.3) is 11.5 Å². The maximum Gasteiger partial charge on any atom is 0.279 e. The molecule has 14 heavy (non-hydrogen) atoms. The Morgan fingerprint density at radius 3 is 2.50 bits per heavy atom. The summed E-state index contributed by atoms with van der Waals surface area (Å²) in [5.41, 5.74) is 1.12. The SMILES string of the molecule is CNC(=O)c1c(C)c(C)nn(C)c1=O. The van der Waals surface area contributed by atoms with Crippen LogP contribution >= 0.6 is 0 Å². The first-order valence-corrected chi connectivity index (χ1v) is 4.25. The minimum atomic E-state index is -0.368.